The maximum absolute atomic E-state index is 13.1. The normalized spacial score (nSPS) is 12.0. The van der Waals surface area contributed by atoms with Crippen LogP contribution in [0.1, 0.15) is 37.5 Å². The van der Waals surface area contributed by atoms with Gasteiger partial charge < -0.3 is 5.11 Å². The molecule has 0 amide bonds. The Labute approximate surface area is 172 Å². The van der Waals surface area contributed by atoms with Crippen molar-refractivity contribution < 1.29 is 39.1 Å². The molecule has 0 saturated heterocycles. The summed E-state index contributed by atoms with van der Waals surface area (Å²) in [5, 5.41) is 11.0. The molecule has 1 nitrogen and oxygen atoms in total. The minimum absolute atomic E-state index is 0.0771. The monoisotopic (exact) mass is 500 g/mol. The van der Waals surface area contributed by atoms with Crippen LogP contribution in [0.3, 0.4) is 0 Å². The van der Waals surface area contributed by atoms with Crippen LogP contribution in [0.15, 0.2) is 36.4 Å². The molecule has 1 N–H and O–H groups in total. The summed E-state index contributed by atoms with van der Waals surface area (Å²) in [5.74, 6) is 0.0771. The van der Waals surface area contributed by atoms with E-state index in [0.29, 0.717) is 10.9 Å². The van der Waals surface area contributed by atoms with Gasteiger partial charge in [0.1, 0.15) is 5.75 Å². The first-order valence-electron chi connectivity index (χ1n) is 7.65. The Hall–Kier alpha value is -0.0769. The SMILES string of the molecule is Cc1cc(C(C)(C)C)cc(Pc2ccccc2C(F)(F)F)c1O.[Cl][Zr][Cl]. The molecule has 1 unspecified atom stereocenters. The molecule has 0 heterocycles. The summed E-state index contributed by atoms with van der Waals surface area (Å²) < 4.78 is 39.4. The number of rotatable bonds is 2. The van der Waals surface area contributed by atoms with Crippen LogP contribution in [-0.2, 0) is 32.4 Å². The van der Waals surface area contributed by atoms with Crippen molar-refractivity contribution in [3.63, 3.8) is 0 Å². The van der Waals surface area contributed by atoms with Crippen LogP contribution in [0.25, 0.3) is 0 Å². The van der Waals surface area contributed by atoms with Crippen molar-refractivity contribution in [1.29, 1.82) is 0 Å². The van der Waals surface area contributed by atoms with Crippen LogP contribution >= 0.6 is 25.6 Å². The molecule has 142 valence electrons. The van der Waals surface area contributed by atoms with E-state index in [4.69, 9.17) is 17.0 Å². The zero-order chi connectivity index (χ0) is 20.1. The summed E-state index contributed by atoms with van der Waals surface area (Å²) >= 11 is -0.826. The number of phenolic OH excluding ortho intramolecular Hbond substituents is 1. The van der Waals surface area contributed by atoms with Gasteiger partial charge in [0.2, 0.25) is 0 Å². The van der Waals surface area contributed by atoms with E-state index < -0.39 is 32.6 Å². The van der Waals surface area contributed by atoms with Crippen molar-refractivity contribution in [2.75, 3.05) is 0 Å². The van der Waals surface area contributed by atoms with E-state index in [-0.39, 0.29) is 25.0 Å². The van der Waals surface area contributed by atoms with Crippen molar-refractivity contribution in [2.45, 2.75) is 39.3 Å². The van der Waals surface area contributed by atoms with E-state index >= 15 is 0 Å². The molecule has 0 aliphatic heterocycles. The molecule has 1 atom stereocenters. The predicted molar refractivity (Wildman–Crippen MR) is 102 cm³/mol. The van der Waals surface area contributed by atoms with Crippen molar-refractivity contribution in [2.24, 2.45) is 0 Å². The second-order valence-corrected chi connectivity index (χ2v) is 11.7. The predicted octanol–water partition coefficient (Wildman–Crippen LogP) is 6.02. The fraction of sp³-hybridized carbons (Fsp3) is 0.333. The molecule has 0 aliphatic rings. The summed E-state index contributed by atoms with van der Waals surface area (Å²) in [4.78, 5) is 0. The van der Waals surface area contributed by atoms with E-state index in [0.717, 1.165) is 11.6 Å². The van der Waals surface area contributed by atoms with Gasteiger partial charge in [-0.05, 0) is 40.9 Å². The Kier molecular flexibility index (Phi) is 9.14. The molecule has 0 fully saturated rings. The molecule has 0 saturated carbocycles. The van der Waals surface area contributed by atoms with Gasteiger partial charge in [0.15, 0.2) is 0 Å². The number of alkyl halides is 3. The summed E-state index contributed by atoms with van der Waals surface area (Å²) in [5.41, 5.74) is 0.905. The van der Waals surface area contributed by atoms with Gasteiger partial charge in [-0.1, -0.05) is 53.6 Å². The molecule has 2 aromatic rings. The minimum atomic E-state index is -4.39. The van der Waals surface area contributed by atoms with Crippen LogP contribution in [-0.4, -0.2) is 5.11 Å². The van der Waals surface area contributed by atoms with Gasteiger partial charge in [-0.3, -0.25) is 0 Å². The summed E-state index contributed by atoms with van der Waals surface area (Å²) in [7, 11) is 9.62. The molecule has 2 aromatic carbocycles. The molecule has 26 heavy (non-hydrogen) atoms. The van der Waals surface area contributed by atoms with E-state index in [9.17, 15) is 18.3 Å². The van der Waals surface area contributed by atoms with E-state index in [1.807, 2.05) is 32.9 Å². The van der Waals surface area contributed by atoms with Crippen LogP contribution in [0.5, 0.6) is 5.75 Å². The molecule has 0 bridgehead atoms. The summed E-state index contributed by atoms with van der Waals surface area (Å²) in [6, 6.07) is 9.23. The number of aromatic hydroxyl groups is 1. The zero-order valence-electron chi connectivity index (χ0n) is 14.8. The Balaban J connectivity index is 0.00000105. The van der Waals surface area contributed by atoms with Gasteiger partial charge in [-0.25, -0.2) is 0 Å². The van der Waals surface area contributed by atoms with Crippen LogP contribution in [0.2, 0.25) is 0 Å². The number of halogens is 5. The fourth-order valence-corrected chi connectivity index (χ4v) is 3.66. The third-order valence-electron chi connectivity index (χ3n) is 3.67. The number of phenols is 1. The average molecular weight is 502 g/mol. The topological polar surface area (TPSA) is 20.2 Å². The molecular formula is C18H20Cl2F3OPZr. The third kappa shape index (κ3) is 6.82. The molecule has 8 heteroatoms. The summed E-state index contributed by atoms with van der Waals surface area (Å²) in [6.07, 6.45) is -4.39. The van der Waals surface area contributed by atoms with E-state index in [2.05, 4.69) is 0 Å². The van der Waals surface area contributed by atoms with Gasteiger partial charge in [0.05, 0.1) is 5.56 Å². The Morgan fingerprint density at radius 2 is 1.54 bits per heavy atom. The molecule has 0 aromatic heterocycles. The Bertz CT molecular complexity index is 746. The van der Waals surface area contributed by atoms with Gasteiger partial charge >= 0.3 is 44.1 Å². The first-order valence-corrected chi connectivity index (χ1v) is 15.0. The Morgan fingerprint density at radius 3 is 2.04 bits per heavy atom. The summed E-state index contributed by atoms with van der Waals surface area (Å²) in [6.45, 7) is 7.88. The van der Waals surface area contributed by atoms with Gasteiger partial charge in [0, 0.05) is 5.30 Å². The second-order valence-electron chi connectivity index (χ2n) is 6.68. The Morgan fingerprint density at radius 1 is 1.00 bits per heavy atom. The standard InChI is InChI=1S/C18H20F3OP.2ClH.Zr/c1-11-9-12(17(2,3)4)10-15(16(11)22)23-14-8-6-5-7-13(14)18(19,20)21;;;/h5-10,22-23H,1-4H3;2*1H;/q;;;+2/p-2. The quantitative estimate of drug-likeness (QED) is 0.498. The number of aryl methyl sites for hydroxylation is 1. The van der Waals surface area contributed by atoms with E-state index in [1.54, 1.807) is 13.0 Å². The fourth-order valence-electron chi connectivity index (χ4n) is 2.29. The van der Waals surface area contributed by atoms with Gasteiger partial charge in [0.25, 0.3) is 0 Å². The average Bonchev–Trinajstić information content (AvgIpc) is 2.51. The number of hydrogen-bond donors (Lipinski definition) is 1. The molecule has 0 aliphatic carbocycles. The number of hydrogen-bond acceptors (Lipinski definition) is 1. The molecular weight excluding hydrogens is 482 g/mol. The van der Waals surface area contributed by atoms with Gasteiger partial charge in [-0.15, -0.1) is 0 Å². The van der Waals surface area contributed by atoms with Crippen LogP contribution < -0.4 is 10.6 Å². The number of benzene rings is 2. The first-order chi connectivity index (χ1) is 11.9. The maximum atomic E-state index is 13.1. The second kappa shape index (κ2) is 9.92. The van der Waals surface area contributed by atoms with Crippen molar-refractivity contribution in [3.8, 4) is 5.75 Å². The first kappa shape index (κ1) is 24.0. The van der Waals surface area contributed by atoms with Gasteiger partial charge in [-0.2, -0.15) is 13.2 Å². The zero-order valence-corrected chi connectivity index (χ0v) is 19.8. The van der Waals surface area contributed by atoms with E-state index in [1.165, 1.54) is 12.1 Å². The molecule has 0 radical (unpaired) electrons. The molecule has 2 rings (SSSR count). The third-order valence-corrected chi connectivity index (χ3v) is 5.02. The molecule has 0 spiro atoms. The van der Waals surface area contributed by atoms with Crippen molar-refractivity contribution >= 4 is 36.2 Å². The van der Waals surface area contributed by atoms with Crippen LogP contribution in [0.4, 0.5) is 13.2 Å². The van der Waals surface area contributed by atoms with Crippen LogP contribution in [0, 0.1) is 6.92 Å². The van der Waals surface area contributed by atoms with Crippen molar-refractivity contribution in [3.05, 3.63) is 53.1 Å². The van der Waals surface area contributed by atoms with Crippen molar-refractivity contribution in [1.82, 2.24) is 0 Å².